The van der Waals surface area contributed by atoms with Crippen molar-refractivity contribution in [3.63, 3.8) is 0 Å². The number of nitro groups is 1. The van der Waals surface area contributed by atoms with E-state index in [0.29, 0.717) is 16.5 Å². The van der Waals surface area contributed by atoms with E-state index in [4.69, 9.17) is 9.47 Å². The number of anilines is 1. The number of nitro benzene ring substituents is 1. The summed E-state index contributed by atoms with van der Waals surface area (Å²) in [5.41, 5.74) is -0.0990. The molecular weight excluding hydrogens is 490 g/mol. The maximum atomic E-state index is 13.0. The highest BCUT2D eigenvalue weighted by molar-refractivity contribution is 6.10. The number of amides is 1. The summed E-state index contributed by atoms with van der Waals surface area (Å²) in [6.45, 7) is 0. The Labute approximate surface area is 216 Å². The maximum absolute atomic E-state index is 13.0. The van der Waals surface area contributed by atoms with E-state index in [2.05, 4.69) is 5.32 Å². The number of fused-ring (bicyclic) bond motifs is 1. The van der Waals surface area contributed by atoms with Gasteiger partial charge in [0.15, 0.2) is 11.5 Å². The molecule has 0 bridgehead atoms. The first-order valence-corrected chi connectivity index (χ1v) is 11.1. The average molecular weight is 509 g/mol. The summed E-state index contributed by atoms with van der Waals surface area (Å²) in [5, 5.41) is 34.3. The average Bonchev–Trinajstić information content (AvgIpc) is 2.92. The van der Waals surface area contributed by atoms with Crippen LogP contribution in [-0.2, 0) is 4.79 Å². The fraction of sp³-hybridized carbons (Fsp3) is 0.0357. The van der Waals surface area contributed by atoms with Crippen LogP contribution in [0.3, 0.4) is 0 Å². The first-order valence-electron chi connectivity index (χ1n) is 11.1. The van der Waals surface area contributed by atoms with Crippen LogP contribution in [0.1, 0.15) is 15.9 Å². The van der Waals surface area contributed by atoms with Gasteiger partial charge >= 0.3 is 5.97 Å². The Morgan fingerprint density at radius 1 is 1.03 bits per heavy atom. The van der Waals surface area contributed by atoms with Gasteiger partial charge in [-0.25, -0.2) is 4.79 Å². The topological polar surface area (TPSA) is 152 Å². The van der Waals surface area contributed by atoms with E-state index in [1.54, 1.807) is 24.3 Å². The molecule has 2 N–H and O–H groups in total. The maximum Gasteiger partial charge on any atom is 0.344 e. The monoisotopic (exact) mass is 509 g/mol. The Morgan fingerprint density at radius 3 is 2.50 bits per heavy atom. The molecule has 10 nitrogen and oxygen atoms in total. The summed E-state index contributed by atoms with van der Waals surface area (Å²) in [7, 11) is 1.41. The number of ether oxygens (including phenoxy) is 2. The third-order valence-corrected chi connectivity index (χ3v) is 5.52. The third-order valence-electron chi connectivity index (χ3n) is 5.52. The zero-order valence-corrected chi connectivity index (χ0v) is 19.9. The molecule has 0 saturated carbocycles. The zero-order valence-electron chi connectivity index (χ0n) is 19.9. The van der Waals surface area contributed by atoms with Gasteiger partial charge in [0, 0.05) is 6.07 Å². The van der Waals surface area contributed by atoms with Crippen LogP contribution < -0.4 is 14.8 Å². The quantitative estimate of drug-likeness (QED) is 0.0654. The Balaban J connectivity index is 1.60. The van der Waals surface area contributed by atoms with Crippen LogP contribution in [0, 0.1) is 21.4 Å². The molecule has 0 spiro atoms. The first kappa shape index (κ1) is 25.4. The number of esters is 1. The summed E-state index contributed by atoms with van der Waals surface area (Å²) >= 11 is 0. The Morgan fingerprint density at radius 2 is 1.79 bits per heavy atom. The van der Waals surface area contributed by atoms with Gasteiger partial charge in [-0.2, -0.15) is 5.26 Å². The number of methoxy groups -OCH3 is 1. The lowest BCUT2D eigenvalue weighted by atomic mass is 10.0. The van der Waals surface area contributed by atoms with Crippen molar-refractivity contribution in [1.29, 1.82) is 5.26 Å². The molecule has 0 atom stereocenters. The molecule has 0 unspecified atom stereocenters. The summed E-state index contributed by atoms with van der Waals surface area (Å²) in [6, 6.07) is 22.1. The largest absolute Gasteiger partial charge is 0.506 e. The zero-order chi connectivity index (χ0) is 27.2. The minimum Gasteiger partial charge on any atom is -0.506 e. The van der Waals surface area contributed by atoms with E-state index in [1.165, 1.54) is 25.3 Å². The molecule has 10 heteroatoms. The Hall–Kier alpha value is -5.69. The molecule has 1 amide bonds. The van der Waals surface area contributed by atoms with E-state index in [-0.39, 0.29) is 28.4 Å². The molecule has 4 aromatic carbocycles. The van der Waals surface area contributed by atoms with Crippen molar-refractivity contribution in [1.82, 2.24) is 0 Å². The number of carbonyl (C=O) groups excluding carboxylic acids is 2. The van der Waals surface area contributed by atoms with Crippen LogP contribution in [0.2, 0.25) is 0 Å². The second-order valence-corrected chi connectivity index (χ2v) is 7.91. The number of nitrogens with one attached hydrogen (secondary N) is 1. The lowest BCUT2D eigenvalue weighted by Crippen LogP contribution is -2.13. The molecule has 0 fully saturated rings. The molecule has 188 valence electrons. The van der Waals surface area contributed by atoms with Crippen molar-refractivity contribution in [2.45, 2.75) is 0 Å². The summed E-state index contributed by atoms with van der Waals surface area (Å²) < 4.78 is 10.9. The van der Waals surface area contributed by atoms with Crippen LogP contribution >= 0.6 is 0 Å². The highest BCUT2D eigenvalue weighted by Crippen LogP contribution is 2.31. The molecule has 0 aliphatic carbocycles. The summed E-state index contributed by atoms with van der Waals surface area (Å²) in [6.07, 6.45) is 1.26. The van der Waals surface area contributed by atoms with Crippen LogP contribution in [0.15, 0.2) is 84.4 Å². The van der Waals surface area contributed by atoms with Crippen molar-refractivity contribution < 1.29 is 29.1 Å². The molecule has 0 aliphatic rings. The van der Waals surface area contributed by atoms with Gasteiger partial charge in [0.2, 0.25) is 0 Å². The molecule has 0 saturated heterocycles. The van der Waals surface area contributed by atoms with Gasteiger partial charge < -0.3 is 19.9 Å². The van der Waals surface area contributed by atoms with Gasteiger partial charge in [-0.1, -0.05) is 42.5 Å². The number of nitrogens with zero attached hydrogens (tertiary/aromatic N) is 2. The number of phenols is 1. The van der Waals surface area contributed by atoms with Gasteiger partial charge in [0.1, 0.15) is 17.4 Å². The minimum atomic E-state index is -0.859. The standard InChI is InChI=1S/C28H19N3O7/c1-37-25-12-9-17(13-19(16-29)27(33)30-23-11-10-20(31(35)36)15-24(23)32)14-26(25)38-28(34)22-8-4-6-18-5-2-3-7-21(18)22/h2-15,32H,1H3,(H,30,33)/b19-13+. The molecular formula is C28H19N3O7. The predicted molar refractivity (Wildman–Crippen MR) is 139 cm³/mol. The molecule has 38 heavy (non-hydrogen) atoms. The lowest BCUT2D eigenvalue weighted by molar-refractivity contribution is -0.384. The highest BCUT2D eigenvalue weighted by Gasteiger charge is 2.18. The van der Waals surface area contributed by atoms with Crippen molar-refractivity contribution in [2.75, 3.05) is 12.4 Å². The molecule has 4 aromatic rings. The fourth-order valence-corrected chi connectivity index (χ4v) is 3.67. The number of hydrogen-bond donors (Lipinski definition) is 2. The number of benzene rings is 4. The van der Waals surface area contributed by atoms with Crippen molar-refractivity contribution in [2.24, 2.45) is 0 Å². The minimum absolute atomic E-state index is 0.0740. The second-order valence-electron chi connectivity index (χ2n) is 7.91. The normalized spacial score (nSPS) is 10.9. The van der Waals surface area contributed by atoms with E-state index >= 15 is 0 Å². The van der Waals surface area contributed by atoms with Gasteiger partial charge in [-0.3, -0.25) is 14.9 Å². The number of nitriles is 1. The smallest absolute Gasteiger partial charge is 0.344 e. The lowest BCUT2D eigenvalue weighted by Gasteiger charge is -2.11. The van der Waals surface area contributed by atoms with Gasteiger partial charge in [0.25, 0.3) is 11.6 Å². The molecule has 0 heterocycles. The number of rotatable bonds is 7. The number of non-ortho nitro benzene ring substituents is 1. The van der Waals surface area contributed by atoms with Crippen LogP contribution in [0.25, 0.3) is 16.8 Å². The number of hydrogen-bond acceptors (Lipinski definition) is 8. The predicted octanol–water partition coefficient (Wildman–Crippen LogP) is 5.23. The van der Waals surface area contributed by atoms with Gasteiger partial charge in [-0.15, -0.1) is 0 Å². The molecule has 0 aliphatic heterocycles. The van der Waals surface area contributed by atoms with Gasteiger partial charge in [0.05, 0.1) is 29.4 Å². The van der Waals surface area contributed by atoms with Crippen molar-refractivity contribution in [3.8, 4) is 23.3 Å². The van der Waals surface area contributed by atoms with Crippen LogP contribution in [0.4, 0.5) is 11.4 Å². The van der Waals surface area contributed by atoms with E-state index in [1.807, 2.05) is 30.3 Å². The van der Waals surface area contributed by atoms with Crippen LogP contribution in [-0.4, -0.2) is 29.0 Å². The van der Waals surface area contributed by atoms with Crippen molar-refractivity contribution >= 4 is 40.1 Å². The second kappa shape index (κ2) is 10.9. The first-order chi connectivity index (χ1) is 18.3. The van der Waals surface area contributed by atoms with Crippen molar-refractivity contribution in [3.05, 3.63) is 106 Å². The van der Waals surface area contributed by atoms with E-state index < -0.39 is 22.5 Å². The third kappa shape index (κ3) is 5.42. The highest BCUT2D eigenvalue weighted by atomic mass is 16.6. The fourth-order valence-electron chi connectivity index (χ4n) is 3.67. The summed E-state index contributed by atoms with van der Waals surface area (Å²) in [4.78, 5) is 35.8. The molecule has 0 aromatic heterocycles. The van der Waals surface area contributed by atoms with E-state index in [9.17, 15) is 30.1 Å². The number of phenolic OH excluding ortho intramolecular Hbond substituents is 1. The SMILES string of the molecule is COc1ccc(/C=C(\C#N)C(=O)Nc2ccc([N+](=O)[O-])cc2O)cc1OC(=O)c1cccc2ccccc12. The molecule has 0 radical (unpaired) electrons. The summed E-state index contributed by atoms with van der Waals surface area (Å²) in [5.74, 6) is -1.67. The number of carbonyl (C=O) groups is 2. The van der Waals surface area contributed by atoms with E-state index in [0.717, 1.165) is 23.6 Å². The van der Waals surface area contributed by atoms with Gasteiger partial charge in [-0.05, 0) is 46.7 Å². The molecule has 4 rings (SSSR count). The number of aromatic hydroxyl groups is 1. The van der Waals surface area contributed by atoms with Crippen LogP contribution in [0.5, 0.6) is 17.2 Å². The Bertz CT molecular complexity index is 1650. The Kier molecular flexibility index (Phi) is 7.30.